The summed E-state index contributed by atoms with van der Waals surface area (Å²) >= 11 is 0. The van der Waals surface area contributed by atoms with Crippen molar-refractivity contribution in [1.82, 2.24) is 5.32 Å². The topological polar surface area (TPSA) is 48.2 Å². The molecule has 1 aliphatic heterocycles. The van der Waals surface area contributed by atoms with Gasteiger partial charge in [0.2, 0.25) is 0 Å². The molecule has 16 heavy (non-hydrogen) atoms. The molecule has 0 saturated heterocycles. The van der Waals surface area contributed by atoms with E-state index in [2.05, 4.69) is 23.3 Å². The van der Waals surface area contributed by atoms with Gasteiger partial charge in [0.25, 0.3) is 0 Å². The van der Waals surface area contributed by atoms with Crippen LogP contribution in [0.15, 0.2) is 29.3 Å². The molecule has 1 atom stereocenters. The molecule has 0 radical (unpaired) electrons. The Morgan fingerprint density at radius 3 is 2.69 bits per heavy atom. The summed E-state index contributed by atoms with van der Waals surface area (Å²) in [5.41, 5.74) is 1.89. The molecule has 2 rings (SSSR count). The third-order valence-electron chi connectivity index (χ3n) is 2.80. The predicted molar refractivity (Wildman–Crippen MR) is 64.2 cm³/mol. The highest BCUT2D eigenvalue weighted by Crippen LogP contribution is 2.14. The average Bonchev–Trinajstić information content (AvgIpc) is 2.82. The van der Waals surface area contributed by atoms with E-state index in [-0.39, 0.29) is 6.04 Å². The number of nitrogens with zero attached hydrogens (tertiary/aromatic N) is 2. The van der Waals surface area contributed by atoms with Crippen LogP contribution in [0.3, 0.4) is 0 Å². The monoisotopic (exact) mass is 213 g/mol. The van der Waals surface area contributed by atoms with Crippen LogP contribution in [0.5, 0.6) is 0 Å². The minimum absolute atomic E-state index is 0.254. The Labute approximate surface area is 95.8 Å². The third-order valence-corrected chi connectivity index (χ3v) is 2.80. The molecular formula is C13H15N3. The second-order valence-electron chi connectivity index (χ2n) is 4.03. The first-order chi connectivity index (χ1) is 7.79. The number of amidine groups is 1. The van der Waals surface area contributed by atoms with Crippen LogP contribution in [-0.2, 0) is 0 Å². The largest absolute Gasteiger partial charge is 0.367 e. The number of nitriles is 1. The number of benzene rings is 1. The van der Waals surface area contributed by atoms with Gasteiger partial charge in [0.1, 0.15) is 0 Å². The molecule has 0 saturated carbocycles. The quantitative estimate of drug-likeness (QED) is 0.820. The van der Waals surface area contributed by atoms with Crippen molar-refractivity contribution in [3.8, 4) is 6.07 Å². The Kier molecular flexibility index (Phi) is 3.21. The molecule has 1 heterocycles. The average molecular weight is 213 g/mol. The minimum atomic E-state index is 0.254. The normalized spacial score (nSPS) is 16.4. The lowest BCUT2D eigenvalue weighted by molar-refractivity contribution is 0.709. The van der Waals surface area contributed by atoms with Crippen LogP contribution >= 0.6 is 0 Å². The number of aliphatic imine (C=N–C) groups is 1. The summed E-state index contributed by atoms with van der Waals surface area (Å²) in [6.45, 7) is 3.06. The van der Waals surface area contributed by atoms with E-state index in [9.17, 15) is 0 Å². The lowest BCUT2D eigenvalue weighted by Crippen LogP contribution is -2.24. The maximum Gasteiger partial charge on any atom is 0.0991 e. The van der Waals surface area contributed by atoms with Crippen LogP contribution in [-0.4, -0.2) is 12.4 Å². The van der Waals surface area contributed by atoms with Gasteiger partial charge in [0.15, 0.2) is 0 Å². The third kappa shape index (κ3) is 2.40. The van der Waals surface area contributed by atoms with E-state index in [1.54, 1.807) is 0 Å². The van der Waals surface area contributed by atoms with Crippen molar-refractivity contribution in [2.24, 2.45) is 4.99 Å². The van der Waals surface area contributed by atoms with Crippen molar-refractivity contribution >= 4 is 5.84 Å². The molecular weight excluding hydrogens is 198 g/mol. The van der Waals surface area contributed by atoms with E-state index in [1.807, 2.05) is 24.3 Å². The van der Waals surface area contributed by atoms with Gasteiger partial charge in [0, 0.05) is 19.0 Å². The molecule has 3 nitrogen and oxygen atoms in total. The van der Waals surface area contributed by atoms with Crippen molar-refractivity contribution in [2.45, 2.75) is 25.8 Å². The summed E-state index contributed by atoms with van der Waals surface area (Å²) in [5, 5.41) is 12.1. The van der Waals surface area contributed by atoms with Gasteiger partial charge < -0.3 is 5.32 Å². The Hall–Kier alpha value is -1.82. The first kappa shape index (κ1) is 10.7. The number of hydrogen-bond acceptors (Lipinski definition) is 3. The molecule has 0 amide bonds. The van der Waals surface area contributed by atoms with Crippen LogP contribution in [0.4, 0.5) is 0 Å². The Morgan fingerprint density at radius 1 is 1.38 bits per heavy atom. The van der Waals surface area contributed by atoms with Crippen molar-refractivity contribution < 1.29 is 0 Å². The molecule has 82 valence electrons. The second kappa shape index (κ2) is 4.80. The molecule has 1 aromatic rings. The fourth-order valence-electron chi connectivity index (χ4n) is 1.84. The molecule has 0 fully saturated rings. The molecule has 1 unspecified atom stereocenters. The molecule has 3 heteroatoms. The first-order valence-corrected chi connectivity index (χ1v) is 5.59. The first-order valence-electron chi connectivity index (χ1n) is 5.59. The maximum absolute atomic E-state index is 8.71. The van der Waals surface area contributed by atoms with E-state index in [0.717, 1.165) is 25.2 Å². The number of rotatable bonds is 2. The maximum atomic E-state index is 8.71. The van der Waals surface area contributed by atoms with Gasteiger partial charge in [-0.15, -0.1) is 0 Å². The smallest absolute Gasteiger partial charge is 0.0991 e. The molecule has 0 spiro atoms. The molecule has 0 aromatic heterocycles. The van der Waals surface area contributed by atoms with E-state index in [1.165, 1.54) is 5.56 Å². The van der Waals surface area contributed by atoms with Crippen LogP contribution < -0.4 is 5.32 Å². The molecule has 1 aliphatic rings. The van der Waals surface area contributed by atoms with Gasteiger partial charge in [-0.1, -0.05) is 12.1 Å². The Balaban J connectivity index is 2.03. The van der Waals surface area contributed by atoms with Crippen molar-refractivity contribution in [2.75, 3.05) is 6.54 Å². The highest BCUT2D eigenvalue weighted by Gasteiger charge is 2.10. The summed E-state index contributed by atoms with van der Waals surface area (Å²) in [6.07, 6.45) is 2.21. The predicted octanol–water partition coefficient (Wildman–Crippen LogP) is 2.40. The highest BCUT2D eigenvalue weighted by atomic mass is 15.0. The van der Waals surface area contributed by atoms with Gasteiger partial charge in [-0.3, -0.25) is 4.99 Å². The van der Waals surface area contributed by atoms with Gasteiger partial charge >= 0.3 is 0 Å². The molecule has 0 bridgehead atoms. The summed E-state index contributed by atoms with van der Waals surface area (Å²) in [6, 6.07) is 10.1. The van der Waals surface area contributed by atoms with Crippen LogP contribution in [0.25, 0.3) is 0 Å². The number of nitrogens with one attached hydrogen (secondary N) is 1. The molecule has 0 aliphatic carbocycles. The fourth-order valence-corrected chi connectivity index (χ4v) is 1.84. The zero-order valence-electron chi connectivity index (χ0n) is 9.40. The SMILES string of the molecule is CC(NC1=NCCC1)c1ccc(C#N)cc1. The minimum Gasteiger partial charge on any atom is -0.367 e. The second-order valence-corrected chi connectivity index (χ2v) is 4.03. The van der Waals surface area contributed by atoms with Gasteiger partial charge in [-0.05, 0) is 31.0 Å². The van der Waals surface area contributed by atoms with Gasteiger partial charge in [0.05, 0.1) is 17.5 Å². The zero-order valence-corrected chi connectivity index (χ0v) is 9.40. The summed E-state index contributed by atoms with van der Waals surface area (Å²) in [5.74, 6) is 1.11. The van der Waals surface area contributed by atoms with Crippen molar-refractivity contribution in [3.05, 3.63) is 35.4 Å². The summed E-state index contributed by atoms with van der Waals surface area (Å²) in [7, 11) is 0. The highest BCUT2D eigenvalue weighted by molar-refractivity contribution is 5.83. The van der Waals surface area contributed by atoms with E-state index >= 15 is 0 Å². The zero-order chi connectivity index (χ0) is 11.4. The number of hydrogen-bond donors (Lipinski definition) is 1. The summed E-state index contributed by atoms with van der Waals surface area (Å²) < 4.78 is 0. The Morgan fingerprint density at radius 2 is 2.12 bits per heavy atom. The molecule has 1 N–H and O–H groups in total. The van der Waals surface area contributed by atoms with E-state index in [4.69, 9.17) is 5.26 Å². The van der Waals surface area contributed by atoms with Gasteiger partial charge in [-0.2, -0.15) is 5.26 Å². The molecule has 1 aromatic carbocycles. The Bertz CT molecular complexity index is 425. The lowest BCUT2D eigenvalue weighted by Gasteiger charge is -2.15. The van der Waals surface area contributed by atoms with Crippen LogP contribution in [0, 0.1) is 11.3 Å². The lowest BCUT2D eigenvalue weighted by atomic mass is 10.1. The van der Waals surface area contributed by atoms with E-state index in [0.29, 0.717) is 5.56 Å². The van der Waals surface area contributed by atoms with Gasteiger partial charge in [-0.25, -0.2) is 0 Å². The van der Waals surface area contributed by atoms with Crippen LogP contribution in [0.2, 0.25) is 0 Å². The standard InChI is InChI=1S/C13H15N3/c1-10(16-13-3-2-8-15-13)12-6-4-11(9-14)5-7-12/h4-7,10H,2-3,8H2,1H3,(H,15,16). The fraction of sp³-hybridized carbons (Fsp3) is 0.385. The van der Waals surface area contributed by atoms with Crippen LogP contribution in [0.1, 0.15) is 36.9 Å². The van der Waals surface area contributed by atoms with Crippen molar-refractivity contribution in [1.29, 1.82) is 5.26 Å². The summed E-state index contributed by atoms with van der Waals surface area (Å²) in [4.78, 5) is 4.39. The van der Waals surface area contributed by atoms with E-state index < -0.39 is 0 Å². The van der Waals surface area contributed by atoms with Crippen molar-refractivity contribution in [3.63, 3.8) is 0 Å².